The number of carbonyl (C=O) groups is 1. The minimum Gasteiger partial charge on any atom is -0.484 e. The summed E-state index contributed by atoms with van der Waals surface area (Å²) >= 11 is 0. The highest BCUT2D eigenvalue weighted by molar-refractivity contribution is 7.86. The number of hydrogen-bond acceptors (Lipinski definition) is 4. The number of aryl methyl sites for hydroxylation is 1. The lowest BCUT2D eigenvalue weighted by molar-refractivity contribution is -0.124. The molecule has 0 saturated carbocycles. The Labute approximate surface area is 156 Å². The molecule has 26 heavy (non-hydrogen) atoms. The highest BCUT2D eigenvalue weighted by Crippen LogP contribution is 2.16. The molecule has 7 nitrogen and oxygen atoms in total. The molecular formula is C18H29N3O4S. The lowest BCUT2D eigenvalue weighted by atomic mass is 10.1. The Kier molecular flexibility index (Phi) is 7.43. The van der Waals surface area contributed by atoms with Crippen LogP contribution in [0.1, 0.15) is 31.7 Å². The third kappa shape index (κ3) is 5.69. The maximum absolute atomic E-state index is 12.1. The van der Waals surface area contributed by atoms with Crippen LogP contribution in [0.2, 0.25) is 0 Å². The number of ether oxygens (including phenoxy) is 1. The van der Waals surface area contributed by atoms with Crippen molar-refractivity contribution in [1.82, 2.24) is 13.9 Å². The first kappa shape index (κ1) is 20.7. The first-order chi connectivity index (χ1) is 12.3. The van der Waals surface area contributed by atoms with Crippen LogP contribution in [0.15, 0.2) is 24.3 Å². The van der Waals surface area contributed by atoms with E-state index in [2.05, 4.69) is 12.2 Å². The van der Waals surface area contributed by atoms with Crippen LogP contribution in [-0.4, -0.2) is 62.8 Å². The molecule has 1 heterocycles. The first-order valence-electron chi connectivity index (χ1n) is 9.01. The van der Waals surface area contributed by atoms with E-state index in [1.807, 2.05) is 24.3 Å². The molecule has 1 aromatic rings. The Morgan fingerprint density at radius 3 is 2.38 bits per heavy atom. The van der Waals surface area contributed by atoms with Gasteiger partial charge in [0.1, 0.15) is 5.75 Å². The number of nitrogens with one attached hydrogen (secondary N) is 1. The predicted octanol–water partition coefficient (Wildman–Crippen LogP) is 1.40. The largest absolute Gasteiger partial charge is 0.484 e. The Morgan fingerprint density at radius 2 is 1.85 bits per heavy atom. The lowest BCUT2D eigenvalue weighted by Crippen LogP contribution is -2.49. The number of benzene rings is 1. The molecule has 1 fully saturated rings. The predicted molar refractivity (Wildman–Crippen MR) is 101 cm³/mol. The molecule has 1 aliphatic rings. The Hall–Kier alpha value is -1.64. The van der Waals surface area contributed by atoms with Gasteiger partial charge < -0.3 is 10.1 Å². The monoisotopic (exact) mass is 383 g/mol. The second-order valence-electron chi connectivity index (χ2n) is 6.71. The van der Waals surface area contributed by atoms with Gasteiger partial charge in [-0.3, -0.25) is 4.79 Å². The summed E-state index contributed by atoms with van der Waals surface area (Å²) in [5, 5.41) is 2.92. The minimum atomic E-state index is -3.38. The molecule has 1 aliphatic heterocycles. The summed E-state index contributed by atoms with van der Waals surface area (Å²) in [5.41, 5.74) is 1.25. The van der Waals surface area contributed by atoms with Gasteiger partial charge in [0.25, 0.3) is 16.1 Å². The lowest BCUT2D eigenvalue weighted by Gasteiger charge is -2.33. The number of carbonyl (C=O) groups excluding carboxylic acids is 1. The molecule has 8 heteroatoms. The maximum atomic E-state index is 12.1. The molecule has 1 amide bonds. The number of nitrogens with zero attached hydrogens (tertiary/aromatic N) is 2. The quantitative estimate of drug-likeness (QED) is 0.736. The van der Waals surface area contributed by atoms with Gasteiger partial charge in [0.2, 0.25) is 0 Å². The number of rotatable bonds is 8. The van der Waals surface area contributed by atoms with Crippen LogP contribution in [0.3, 0.4) is 0 Å². The van der Waals surface area contributed by atoms with Crippen molar-refractivity contribution in [1.29, 1.82) is 0 Å². The standard InChI is InChI=1S/C18H29N3O4S/c1-4-5-15-6-8-17(9-7-15)25-14-18(22)19-16-10-12-21(13-11-16)26(23,24)20(2)3/h6-9,16H,4-5,10-14H2,1-3H3,(H,19,22). The van der Waals surface area contributed by atoms with E-state index in [4.69, 9.17) is 4.74 Å². The van der Waals surface area contributed by atoms with Crippen LogP contribution in [0, 0.1) is 0 Å². The smallest absolute Gasteiger partial charge is 0.281 e. The zero-order chi connectivity index (χ0) is 19.2. The average Bonchev–Trinajstić information content (AvgIpc) is 2.62. The molecule has 0 unspecified atom stereocenters. The second kappa shape index (κ2) is 9.34. The molecule has 0 radical (unpaired) electrons. The zero-order valence-electron chi connectivity index (χ0n) is 15.8. The van der Waals surface area contributed by atoms with Crippen molar-refractivity contribution >= 4 is 16.1 Å². The summed E-state index contributed by atoms with van der Waals surface area (Å²) in [6.07, 6.45) is 3.33. The van der Waals surface area contributed by atoms with Crippen molar-refractivity contribution in [2.45, 2.75) is 38.6 Å². The molecule has 0 bridgehead atoms. The number of piperidine rings is 1. The van der Waals surface area contributed by atoms with E-state index in [1.54, 1.807) is 0 Å². The van der Waals surface area contributed by atoms with E-state index in [0.29, 0.717) is 31.7 Å². The van der Waals surface area contributed by atoms with Crippen molar-refractivity contribution in [3.05, 3.63) is 29.8 Å². The summed E-state index contributed by atoms with van der Waals surface area (Å²) in [4.78, 5) is 12.1. The summed E-state index contributed by atoms with van der Waals surface area (Å²) in [6.45, 7) is 2.91. The average molecular weight is 384 g/mol. The van der Waals surface area contributed by atoms with Gasteiger partial charge in [0, 0.05) is 33.2 Å². The molecule has 2 rings (SSSR count). The summed E-state index contributed by atoms with van der Waals surface area (Å²) in [6, 6.07) is 7.76. The molecule has 0 atom stereocenters. The Morgan fingerprint density at radius 1 is 1.23 bits per heavy atom. The molecule has 1 aromatic carbocycles. The van der Waals surface area contributed by atoms with E-state index >= 15 is 0 Å². The molecule has 146 valence electrons. The van der Waals surface area contributed by atoms with E-state index in [9.17, 15) is 13.2 Å². The Bertz CT molecular complexity index is 681. The van der Waals surface area contributed by atoms with Gasteiger partial charge >= 0.3 is 0 Å². The fourth-order valence-corrected chi connectivity index (χ4v) is 4.06. The van der Waals surface area contributed by atoms with Crippen molar-refractivity contribution in [3.63, 3.8) is 0 Å². The van der Waals surface area contributed by atoms with E-state index in [-0.39, 0.29) is 18.6 Å². The van der Waals surface area contributed by atoms with Crippen LogP contribution in [0.4, 0.5) is 0 Å². The van der Waals surface area contributed by atoms with Gasteiger partial charge in [0.15, 0.2) is 6.61 Å². The van der Waals surface area contributed by atoms with Crippen LogP contribution in [0.5, 0.6) is 5.75 Å². The maximum Gasteiger partial charge on any atom is 0.281 e. The van der Waals surface area contributed by atoms with Gasteiger partial charge in [-0.1, -0.05) is 25.5 Å². The fourth-order valence-electron chi connectivity index (χ4n) is 2.92. The first-order valence-corrected chi connectivity index (χ1v) is 10.4. The van der Waals surface area contributed by atoms with Gasteiger partial charge in [0.05, 0.1) is 0 Å². The van der Waals surface area contributed by atoms with E-state index in [1.165, 1.54) is 28.3 Å². The minimum absolute atomic E-state index is 0.0216. The zero-order valence-corrected chi connectivity index (χ0v) is 16.6. The SMILES string of the molecule is CCCc1ccc(OCC(=O)NC2CCN(S(=O)(=O)N(C)C)CC2)cc1. The van der Waals surface area contributed by atoms with Gasteiger partial charge in [-0.15, -0.1) is 0 Å². The topological polar surface area (TPSA) is 79.0 Å². The second-order valence-corrected chi connectivity index (χ2v) is 8.86. The molecule has 1 N–H and O–H groups in total. The molecule has 0 spiro atoms. The normalized spacial score (nSPS) is 16.6. The Balaban J connectivity index is 1.74. The van der Waals surface area contributed by atoms with Gasteiger partial charge in [-0.2, -0.15) is 17.0 Å². The van der Waals surface area contributed by atoms with E-state index < -0.39 is 10.2 Å². The molecular weight excluding hydrogens is 354 g/mol. The van der Waals surface area contributed by atoms with Crippen LogP contribution in [0.25, 0.3) is 0 Å². The molecule has 0 aliphatic carbocycles. The summed E-state index contributed by atoms with van der Waals surface area (Å²) in [7, 11) is -0.330. The van der Waals surface area contributed by atoms with Crippen LogP contribution < -0.4 is 10.1 Å². The summed E-state index contributed by atoms with van der Waals surface area (Å²) in [5.74, 6) is 0.489. The van der Waals surface area contributed by atoms with Crippen LogP contribution in [-0.2, 0) is 21.4 Å². The highest BCUT2D eigenvalue weighted by atomic mass is 32.2. The van der Waals surface area contributed by atoms with Crippen molar-refractivity contribution in [2.24, 2.45) is 0 Å². The molecule has 0 aromatic heterocycles. The third-order valence-corrected chi connectivity index (χ3v) is 6.38. The van der Waals surface area contributed by atoms with Crippen molar-refractivity contribution in [3.8, 4) is 5.75 Å². The summed E-state index contributed by atoms with van der Waals surface area (Å²) < 4.78 is 32.4. The third-order valence-electron chi connectivity index (χ3n) is 4.44. The number of hydrogen-bond donors (Lipinski definition) is 1. The van der Waals surface area contributed by atoms with Gasteiger partial charge in [-0.25, -0.2) is 0 Å². The highest BCUT2D eigenvalue weighted by Gasteiger charge is 2.29. The van der Waals surface area contributed by atoms with Gasteiger partial charge in [-0.05, 0) is 37.0 Å². The van der Waals surface area contributed by atoms with Crippen molar-refractivity contribution < 1.29 is 17.9 Å². The molecule has 1 saturated heterocycles. The number of amides is 1. The van der Waals surface area contributed by atoms with Crippen LogP contribution >= 0.6 is 0 Å². The van der Waals surface area contributed by atoms with E-state index in [0.717, 1.165) is 12.8 Å². The fraction of sp³-hybridized carbons (Fsp3) is 0.611. The van der Waals surface area contributed by atoms with Crippen molar-refractivity contribution in [2.75, 3.05) is 33.8 Å².